The Morgan fingerprint density at radius 1 is 1.35 bits per heavy atom. The van der Waals surface area contributed by atoms with E-state index in [0.29, 0.717) is 5.92 Å². The van der Waals surface area contributed by atoms with Crippen LogP contribution in [0.2, 0.25) is 0 Å². The maximum absolute atomic E-state index is 11.1. The molecule has 1 aromatic heterocycles. The first kappa shape index (κ1) is 12.6. The molecule has 1 aliphatic rings. The minimum atomic E-state index is 0.560. The Hall–Kier alpha value is -0.900. The summed E-state index contributed by atoms with van der Waals surface area (Å²) in [7, 11) is 0. The van der Waals surface area contributed by atoms with Gasteiger partial charge in [-0.1, -0.05) is 25.2 Å². The molecule has 0 radical (unpaired) electrons. The van der Waals surface area contributed by atoms with Crippen molar-refractivity contribution in [1.29, 1.82) is 0 Å². The molecule has 3 nitrogen and oxygen atoms in total. The monoisotopic (exact) mass is 252 g/mol. The van der Waals surface area contributed by atoms with Crippen LogP contribution in [0.1, 0.15) is 60.8 Å². The van der Waals surface area contributed by atoms with Gasteiger partial charge in [-0.15, -0.1) is 0 Å². The van der Waals surface area contributed by atoms with E-state index in [0.717, 1.165) is 47.9 Å². The maximum atomic E-state index is 11.1. The predicted octanol–water partition coefficient (Wildman–Crippen LogP) is 3.46. The van der Waals surface area contributed by atoms with Crippen molar-refractivity contribution in [2.45, 2.75) is 45.4 Å². The van der Waals surface area contributed by atoms with Crippen LogP contribution in [0.4, 0.5) is 5.13 Å². The maximum Gasteiger partial charge on any atom is 0.186 e. The van der Waals surface area contributed by atoms with Crippen LogP contribution in [-0.4, -0.2) is 24.4 Å². The first-order valence-electron chi connectivity index (χ1n) is 6.51. The van der Waals surface area contributed by atoms with Crippen molar-refractivity contribution in [1.82, 2.24) is 4.98 Å². The van der Waals surface area contributed by atoms with E-state index in [1.54, 1.807) is 11.3 Å². The number of carbonyl (C=O) groups excluding carboxylic acids is 1. The van der Waals surface area contributed by atoms with Gasteiger partial charge in [0, 0.05) is 19.0 Å². The van der Waals surface area contributed by atoms with E-state index in [9.17, 15) is 4.79 Å². The number of thiazole rings is 1. The molecule has 1 aromatic rings. The molecule has 0 bridgehead atoms. The summed E-state index contributed by atoms with van der Waals surface area (Å²) < 4.78 is 0. The fourth-order valence-corrected chi connectivity index (χ4v) is 3.06. The average molecular weight is 252 g/mol. The Morgan fingerprint density at radius 3 is 2.47 bits per heavy atom. The number of nitrogens with zero attached hydrogens (tertiary/aromatic N) is 2. The molecule has 0 saturated heterocycles. The quantitative estimate of drug-likeness (QED) is 0.697. The van der Waals surface area contributed by atoms with Crippen LogP contribution in [0.5, 0.6) is 0 Å². The van der Waals surface area contributed by atoms with Gasteiger partial charge in [-0.05, 0) is 25.7 Å². The normalized spacial score (nSPS) is 14.9. The molecule has 0 aliphatic heterocycles. The van der Waals surface area contributed by atoms with Crippen LogP contribution in [0.3, 0.4) is 0 Å². The highest BCUT2D eigenvalue weighted by molar-refractivity contribution is 7.17. The van der Waals surface area contributed by atoms with Gasteiger partial charge < -0.3 is 4.90 Å². The minimum absolute atomic E-state index is 0.560. The summed E-state index contributed by atoms with van der Waals surface area (Å²) in [5, 5.41) is 1.04. The molecule has 1 saturated carbocycles. The molecular weight excluding hydrogens is 232 g/mol. The van der Waals surface area contributed by atoms with Gasteiger partial charge in [-0.25, -0.2) is 4.98 Å². The van der Waals surface area contributed by atoms with E-state index < -0.39 is 0 Å². The van der Waals surface area contributed by atoms with E-state index in [2.05, 4.69) is 18.7 Å². The van der Waals surface area contributed by atoms with Gasteiger partial charge >= 0.3 is 0 Å². The molecule has 17 heavy (non-hydrogen) atoms. The van der Waals surface area contributed by atoms with E-state index in [-0.39, 0.29) is 0 Å². The van der Waals surface area contributed by atoms with Gasteiger partial charge in [0.1, 0.15) is 0 Å². The molecule has 94 valence electrons. The Balaban J connectivity index is 2.20. The van der Waals surface area contributed by atoms with Crippen LogP contribution in [0, 0.1) is 0 Å². The predicted molar refractivity (Wildman–Crippen MR) is 72.3 cm³/mol. The lowest BCUT2D eigenvalue weighted by Crippen LogP contribution is -2.24. The largest absolute Gasteiger partial charge is 0.348 e. The topological polar surface area (TPSA) is 33.2 Å². The molecule has 1 heterocycles. The van der Waals surface area contributed by atoms with Crippen LogP contribution in [0.25, 0.3) is 0 Å². The van der Waals surface area contributed by atoms with Crippen LogP contribution in [-0.2, 0) is 0 Å². The standard InChI is InChI=1S/C13H20N2OS/c1-3-7-15(8-4-2)13-14-12(10-5-6-10)11(9-16)17-13/h9-10H,3-8H2,1-2H3. The molecule has 0 N–H and O–H groups in total. The van der Waals surface area contributed by atoms with Crippen LogP contribution >= 0.6 is 11.3 Å². The summed E-state index contributed by atoms with van der Waals surface area (Å²) in [5.74, 6) is 0.560. The number of hydrogen-bond donors (Lipinski definition) is 0. The molecule has 1 fully saturated rings. The molecule has 0 unspecified atom stereocenters. The van der Waals surface area contributed by atoms with Crippen LogP contribution in [0.15, 0.2) is 0 Å². The zero-order valence-electron chi connectivity index (χ0n) is 10.6. The van der Waals surface area contributed by atoms with Crippen molar-refractivity contribution in [3.05, 3.63) is 10.6 Å². The van der Waals surface area contributed by atoms with Gasteiger partial charge in [0.2, 0.25) is 0 Å². The van der Waals surface area contributed by atoms with Gasteiger partial charge in [0.25, 0.3) is 0 Å². The van der Waals surface area contributed by atoms with Crippen molar-refractivity contribution in [3.8, 4) is 0 Å². The summed E-state index contributed by atoms with van der Waals surface area (Å²) in [4.78, 5) is 18.9. The second-order valence-electron chi connectivity index (χ2n) is 4.63. The zero-order chi connectivity index (χ0) is 12.3. The third kappa shape index (κ3) is 2.86. The molecule has 0 aromatic carbocycles. The summed E-state index contributed by atoms with van der Waals surface area (Å²) >= 11 is 1.56. The van der Waals surface area contributed by atoms with E-state index in [1.807, 2.05) is 0 Å². The van der Waals surface area contributed by atoms with Gasteiger partial charge in [-0.2, -0.15) is 0 Å². The van der Waals surface area contributed by atoms with Crippen molar-refractivity contribution >= 4 is 22.8 Å². The molecule has 4 heteroatoms. The number of hydrogen-bond acceptors (Lipinski definition) is 4. The Labute approximate surface area is 107 Å². The third-order valence-corrected chi connectivity index (χ3v) is 4.06. The molecule has 0 spiro atoms. The lowest BCUT2D eigenvalue weighted by molar-refractivity contribution is 0.112. The number of aldehydes is 1. The second-order valence-corrected chi connectivity index (χ2v) is 5.63. The van der Waals surface area contributed by atoms with Crippen LogP contribution < -0.4 is 4.90 Å². The van der Waals surface area contributed by atoms with E-state index >= 15 is 0 Å². The summed E-state index contributed by atoms with van der Waals surface area (Å²) in [6.07, 6.45) is 5.62. The number of carbonyl (C=O) groups is 1. The lowest BCUT2D eigenvalue weighted by atomic mass is 10.3. The summed E-state index contributed by atoms with van der Waals surface area (Å²) in [6.45, 7) is 6.42. The second kappa shape index (κ2) is 5.63. The molecule has 1 aliphatic carbocycles. The van der Waals surface area contributed by atoms with Gasteiger partial charge in [0.15, 0.2) is 11.4 Å². The average Bonchev–Trinajstić information content (AvgIpc) is 3.08. The summed E-state index contributed by atoms with van der Waals surface area (Å²) in [6, 6.07) is 0. The fourth-order valence-electron chi connectivity index (χ4n) is 2.04. The minimum Gasteiger partial charge on any atom is -0.348 e. The van der Waals surface area contributed by atoms with Crippen molar-refractivity contribution in [2.24, 2.45) is 0 Å². The fraction of sp³-hybridized carbons (Fsp3) is 0.692. The Bertz CT molecular complexity index is 379. The van der Waals surface area contributed by atoms with Crippen molar-refractivity contribution in [3.63, 3.8) is 0 Å². The Kier molecular flexibility index (Phi) is 4.15. The molecular formula is C13H20N2OS. The first-order chi connectivity index (χ1) is 8.30. The Morgan fingerprint density at radius 2 is 2.00 bits per heavy atom. The molecule has 0 atom stereocenters. The smallest absolute Gasteiger partial charge is 0.186 e. The molecule has 2 rings (SSSR count). The van der Waals surface area contributed by atoms with E-state index in [1.165, 1.54) is 12.8 Å². The first-order valence-corrected chi connectivity index (χ1v) is 7.32. The third-order valence-electron chi connectivity index (χ3n) is 3.00. The summed E-state index contributed by atoms with van der Waals surface area (Å²) in [5.41, 5.74) is 1.05. The highest BCUT2D eigenvalue weighted by Gasteiger charge is 2.30. The van der Waals surface area contributed by atoms with Crippen molar-refractivity contribution < 1.29 is 4.79 Å². The zero-order valence-corrected chi connectivity index (χ0v) is 11.4. The highest BCUT2D eigenvalue weighted by Crippen LogP contribution is 2.43. The number of aromatic nitrogens is 1. The molecule has 0 amide bonds. The number of anilines is 1. The van der Waals surface area contributed by atoms with E-state index in [4.69, 9.17) is 4.98 Å². The number of rotatable bonds is 7. The van der Waals surface area contributed by atoms with Crippen molar-refractivity contribution in [2.75, 3.05) is 18.0 Å². The lowest BCUT2D eigenvalue weighted by Gasteiger charge is -2.19. The van der Waals surface area contributed by atoms with Gasteiger partial charge in [0.05, 0.1) is 10.6 Å². The highest BCUT2D eigenvalue weighted by atomic mass is 32.1. The van der Waals surface area contributed by atoms with Gasteiger partial charge in [-0.3, -0.25) is 4.79 Å². The SMILES string of the molecule is CCCN(CCC)c1nc(C2CC2)c(C=O)s1.